The second-order valence-electron chi connectivity index (χ2n) is 8.38. The molecule has 0 aromatic carbocycles. The van der Waals surface area contributed by atoms with Crippen molar-refractivity contribution < 1.29 is 126 Å². The molecule has 3 unspecified atom stereocenters. The molecule has 2 aliphatic rings. The fourth-order valence-electron chi connectivity index (χ4n) is 3.78. The topological polar surface area (TPSA) is 317 Å². The van der Waals surface area contributed by atoms with Crippen molar-refractivity contribution in [2.75, 3.05) is 12.3 Å². The summed E-state index contributed by atoms with van der Waals surface area (Å²) in [5, 5.41) is 49.9. The first kappa shape index (κ1) is 36.3. The summed E-state index contributed by atoms with van der Waals surface area (Å²) in [7, 11) is -11.6. The van der Waals surface area contributed by atoms with Crippen LogP contribution in [0.25, 0.3) is 11.2 Å². The number of aromatic amines is 1. The molecule has 11 atom stereocenters. The van der Waals surface area contributed by atoms with Gasteiger partial charge in [0, 0.05) is 0 Å². The van der Waals surface area contributed by atoms with Gasteiger partial charge in [0.2, 0.25) is 5.95 Å². The predicted molar refractivity (Wildman–Crippen MR) is 114 cm³/mol. The van der Waals surface area contributed by atoms with E-state index in [0.29, 0.717) is 0 Å². The van der Waals surface area contributed by atoms with E-state index < -0.39 is 83.1 Å². The monoisotopic (exact) mass is 633 g/mol. The van der Waals surface area contributed by atoms with Crippen LogP contribution in [0, 0.1) is 0 Å². The van der Waals surface area contributed by atoms with Crippen LogP contribution in [-0.2, 0) is 32.0 Å². The average molecular weight is 633 g/mol. The van der Waals surface area contributed by atoms with E-state index in [-0.39, 0.29) is 76.2 Å². The van der Waals surface area contributed by atoms with E-state index in [2.05, 4.69) is 28.3 Å². The van der Waals surface area contributed by atoms with Gasteiger partial charge in [-0.15, -0.1) is 0 Å². The molecular weight excluding hydrogens is 610 g/mol. The Bertz CT molecular complexity index is 1330. The Hall–Kier alpha value is 0.130. The largest absolute Gasteiger partial charge is 1.00 e. The summed E-state index contributed by atoms with van der Waals surface area (Å²) < 4.78 is 48.3. The van der Waals surface area contributed by atoms with Crippen molar-refractivity contribution in [1.29, 1.82) is 0 Å². The maximum absolute atomic E-state index is 12.1. The minimum atomic E-state index is -5.82. The fourth-order valence-corrected chi connectivity index (χ4v) is 5.86. The van der Waals surface area contributed by atoms with Crippen molar-refractivity contribution in [2.45, 2.75) is 62.2 Å². The van der Waals surface area contributed by atoms with Crippen molar-refractivity contribution in [2.24, 2.45) is 0 Å². The third-order valence-electron chi connectivity index (χ3n) is 5.70. The van der Waals surface area contributed by atoms with Gasteiger partial charge in [0.1, 0.15) is 36.6 Å². The van der Waals surface area contributed by atoms with Gasteiger partial charge in [-0.05, 0) is 6.92 Å². The molecule has 2 saturated heterocycles. The number of hydrogen-bond acceptors (Lipinski definition) is 18. The zero-order chi connectivity index (χ0) is 28.2. The first-order valence-corrected chi connectivity index (χ1v) is 13.6. The molecule has 2 aromatic heterocycles. The molecule has 4 rings (SSSR count). The van der Waals surface area contributed by atoms with Crippen molar-refractivity contribution in [3.8, 4) is 0 Å². The summed E-state index contributed by atoms with van der Waals surface area (Å²) in [6.45, 7) is 0.168. The van der Waals surface area contributed by atoms with Gasteiger partial charge in [-0.1, -0.05) is 0 Å². The van der Waals surface area contributed by atoms with Crippen molar-refractivity contribution >= 4 is 32.8 Å². The number of nitrogens with two attached hydrogens (primary N) is 1. The first-order chi connectivity index (χ1) is 17.6. The zero-order valence-electron chi connectivity index (χ0n) is 21.1. The number of anilines is 1. The number of imidazole rings is 1. The number of phosphoric acid groups is 2. The summed E-state index contributed by atoms with van der Waals surface area (Å²) in [6, 6.07) is 0. The van der Waals surface area contributed by atoms with Crippen LogP contribution in [0.2, 0.25) is 0 Å². The number of phosphoric ester groups is 2. The van der Waals surface area contributed by atoms with Gasteiger partial charge in [-0.25, -0.2) is 9.29 Å². The molecule has 40 heavy (non-hydrogen) atoms. The molecule has 2 aliphatic heterocycles. The number of rotatable bonds is 8. The molecule has 0 spiro atoms. The Morgan fingerprint density at radius 2 is 1.70 bits per heavy atom. The second-order valence-corrected chi connectivity index (χ2v) is 11.3. The number of aliphatic hydroxyl groups is 5. The summed E-state index contributed by atoms with van der Waals surface area (Å²) in [6.07, 6.45) is -14.3. The molecule has 8 N–H and O–H groups in total. The molecular formula is C16H23N5Na2O15P2. The van der Waals surface area contributed by atoms with Crippen molar-refractivity contribution in [3.63, 3.8) is 0 Å². The molecule has 214 valence electrons. The van der Waals surface area contributed by atoms with Crippen molar-refractivity contribution in [3.05, 3.63) is 16.7 Å². The Balaban J connectivity index is 0.00000280. The SMILES string of the molecule is C[C@@H]1O[C@H](OP(=O)([O-])OP(=O)([O-])OC[C@H]2O[C@@H](n3cnc4c(=O)[nH]c(N)nc43)C(O)[C@H]2O)[C@@H](O)[C@H](O)[C@@H]1O.[Na+].[Na+]. The number of fused-ring (bicyclic) bond motifs is 1. The number of ether oxygens (including phenoxy) is 2. The molecule has 0 saturated carbocycles. The molecule has 2 fully saturated rings. The van der Waals surface area contributed by atoms with E-state index in [1.807, 2.05) is 0 Å². The molecule has 4 heterocycles. The molecule has 0 bridgehead atoms. The maximum Gasteiger partial charge on any atom is 1.00 e. The molecule has 24 heteroatoms. The van der Waals surface area contributed by atoms with Crippen molar-refractivity contribution in [1.82, 2.24) is 19.5 Å². The molecule has 2 aromatic rings. The number of H-pyrrole nitrogens is 1. The molecule has 0 amide bonds. The molecule has 0 radical (unpaired) electrons. The summed E-state index contributed by atoms with van der Waals surface area (Å²) in [4.78, 5) is 46.1. The van der Waals surface area contributed by atoms with Crippen LogP contribution < -0.4 is 80.2 Å². The molecule has 0 aliphatic carbocycles. The minimum absolute atomic E-state index is 0. The Morgan fingerprint density at radius 1 is 1.05 bits per heavy atom. The van der Waals surface area contributed by atoms with Crippen LogP contribution in [0.3, 0.4) is 0 Å². The van der Waals surface area contributed by atoms with Gasteiger partial charge < -0.3 is 55.1 Å². The summed E-state index contributed by atoms with van der Waals surface area (Å²) in [5.74, 6) is -0.280. The fraction of sp³-hybridized carbons (Fsp3) is 0.688. The predicted octanol–water partition coefficient (Wildman–Crippen LogP) is -10.9. The summed E-state index contributed by atoms with van der Waals surface area (Å²) >= 11 is 0. The first-order valence-electron chi connectivity index (χ1n) is 10.7. The van der Waals surface area contributed by atoms with Gasteiger partial charge in [-0.3, -0.25) is 28.0 Å². The minimum Gasteiger partial charge on any atom is -0.756 e. The van der Waals surface area contributed by atoms with Gasteiger partial charge in [-0.2, -0.15) is 4.98 Å². The summed E-state index contributed by atoms with van der Waals surface area (Å²) in [5.41, 5.74) is 4.52. The standard InChI is InChI=1S/C16H25N5O15P2.2Na/c1-4-7(22)9(24)11(26)15(33-4)35-38(30,31)36-37(28,29)32-2-5-8(23)10(25)14(34-5)21-3-18-6-12(21)19-16(17)20-13(6)27;;/h3-5,7-11,14-15,22-26H,2H2,1H3,(H,28,29)(H,30,31)(H3,17,19,20,27);;/q;2*+1/p-2/t4-,5+,7+,8-,9+,10?,11-,14+,15+;;/m0../s1. The Kier molecular flexibility index (Phi) is 12.6. The van der Waals surface area contributed by atoms with E-state index in [4.69, 9.17) is 15.2 Å². The van der Waals surface area contributed by atoms with Gasteiger partial charge in [0.05, 0.1) is 19.0 Å². The van der Waals surface area contributed by atoms with Gasteiger partial charge in [0.15, 0.2) is 23.7 Å². The number of aliphatic hydroxyl groups excluding tert-OH is 5. The van der Waals surface area contributed by atoms with Crippen LogP contribution in [0.1, 0.15) is 13.2 Å². The van der Waals surface area contributed by atoms with Gasteiger partial charge >= 0.3 is 59.1 Å². The van der Waals surface area contributed by atoms with E-state index >= 15 is 0 Å². The molecule has 20 nitrogen and oxygen atoms in total. The van der Waals surface area contributed by atoms with Crippen LogP contribution in [0.4, 0.5) is 5.95 Å². The number of hydrogen-bond donors (Lipinski definition) is 7. The number of nitrogen functional groups attached to an aromatic ring is 1. The van der Waals surface area contributed by atoms with E-state index in [9.17, 15) is 49.2 Å². The van der Waals surface area contributed by atoms with E-state index in [0.717, 1.165) is 10.9 Å². The van der Waals surface area contributed by atoms with E-state index in [1.165, 1.54) is 6.92 Å². The van der Waals surface area contributed by atoms with Crippen LogP contribution >= 0.6 is 15.6 Å². The van der Waals surface area contributed by atoms with Crippen LogP contribution in [-0.4, -0.2) is 101 Å². The maximum atomic E-state index is 12.1. The number of nitrogens with zero attached hydrogens (tertiary/aromatic N) is 3. The number of nitrogens with one attached hydrogen (secondary N) is 1. The van der Waals surface area contributed by atoms with Gasteiger partial charge in [0.25, 0.3) is 21.2 Å². The Morgan fingerprint density at radius 3 is 2.35 bits per heavy atom. The van der Waals surface area contributed by atoms with Crippen LogP contribution in [0.5, 0.6) is 0 Å². The Labute approximate surface area is 268 Å². The van der Waals surface area contributed by atoms with E-state index in [1.54, 1.807) is 0 Å². The normalized spacial score (nSPS) is 35.4. The number of aromatic nitrogens is 4. The third kappa shape index (κ3) is 7.79. The quantitative estimate of drug-likeness (QED) is 0.105. The average Bonchev–Trinajstić information content (AvgIpc) is 3.35. The van der Waals surface area contributed by atoms with Crippen LogP contribution in [0.15, 0.2) is 11.1 Å². The zero-order valence-corrected chi connectivity index (χ0v) is 26.9. The third-order valence-corrected chi connectivity index (χ3v) is 8.23. The smallest absolute Gasteiger partial charge is 0.756 e. The second kappa shape index (κ2) is 13.8.